The molecule has 1 aromatic carbocycles. The summed E-state index contributed by atoms with van der Waals surface area (Å²) in [6.07, 6.45) is 0. The molecule has 0 saturated carbocycles. The second-order valence-electron chi connectivity index (χ2n) is 2.79. The van der Waals surface area contributed by atoms with Gasteiger partial charge in [-0.3, -0.25) is 4.99 Å². The SMILES string of the molecule is Oc1c(Cl)cccc1C1=NCCN1. The van der Waals surface area contributed by atoms with Crippen molar-refractivity contribution in [3.63, 3.8) is 0 Å². The summed E-state index contributed by atoms with van der Waals surface area (Å²) in [7, 11) is 0. The Bertz CT molecular complexity index is 363. The van der Waals surface area contributed by atoms with Crippen molar-refractivity contribution >= 4 is 17.4 Å². The van der Waals surface area contributed by atoms with Crippen LogP contribution < -0.4 is 5.32 Å². The molecular weight excluding hydrogens is 188 g/mol. The number of phenols is 1. The third kappa shape index (κ3) is 1.47. The summed E-state index contributed by atoms with van der Waals surface area (Å²) in [4.78, 5) is 4.19. The van der Waals surface area contributed by atoms with Crippen LogP contribution >= 0.6 is 11.6 Å². The molecule has 1 aliphatic heterocycles. The average Bonchev–Trinajstić information content (AvgIpc) is 2.62. The van der Waals surface area contributed by atoms with E-state index in [1.54, 1.807) is 18.2 Å². The Labute approximate surface area is 81.1 Å². The normalized spacial score (nSPS) is 15.3. The number of nitrogens with zero attached hydrogens (tertiary/aromatic N) is 1. The van der Waals surface area contributed by atoms with Crippen LogP contribution in [-0.2, 0) is 0 Å². The number of aliphatic imine (C=N–C) groups is 1. The summed E-state index contributed by atoms with van der Waals surface area (Å²) in [5.41, 5.74) is 0.671. The summed E-state index contributed by atoms with van der Waals surface area (Å²) < 4.78 is 0. The number of hydrogen-bond donors (Lipinski definition) is 2. The van der Waals surface area contributed by atoms with Crippen LogP contribution in [0, 0.1) is 0 Å². The largest absolute Gasteiger partial charge is 0.506 e. The number of aromatic hydroxyl groups is 1. The van der Waals surface area contributed by atoms with E-state index in [1.165, 1.54) is 0 Å². The molecule has 1 aromatic rings. The van der Waals surface area contributed by atoms with E-state index in [4.69, 9.17) is 11.6 Å². The first kappa shape index (κ1) is 8.38. The van der Waals surface area contributed by atoms with Crippen molar-refractivity contribution in [1.82, 2.24) is 5.32 Å². The number of hydrogen-bond acceptors (Lipinski definition) is 3. The lowest BCUT2D eigenvalue weighted by Gasteiger charge is -2.05. The molecule has 0 saturated heterocycles. The summed E-state index contributed by atoms with van der Waals surface area (Å²) >= 11 is 5.76. The average molecular weight is 197 g/mol. The minimum atomic E-state index is 0.0947. The van der Waals surface area contributed by atoms with Gasteiger partial charge in [-0.15, -0.1) is 0 Å². The maximum absolute atomic E-state index is 9.61. The quantitative estimate of drug-likeness (QED) is 0.713. The van der Waals surface area contributed by atoms with Crippen LogP contribution in [0.3, 0.4) is 0 Å². The van der Waals surface area contributed by atoms with Gasteiger partial charge in [0.15, 0.2) is 0 Å². The van der Waals surface area contributed by atoms with Gasteiger partial charge in [0.05, 0.1) is 17.1 Å². The number of rotatable bonds is 1. The van der Waals surface area contributed by atoms with E-state index in [0.29, 0.717) is 10.6 Å². The smallest absolute Gasteiger partial charge is 0.145 e. The number of para-hydroxylation sites is 1. The van der Waals surface area contributed by atoms with Crippen LogP contribution in [0.4, 0.5) is 0 Å². The molecule has 0 atom stereocenters. The van der Waals surface area contributed by atoms with Crippen LogP contribution in [0.1, 0.15) is 5.56 Å². The van der Waals surface area contributed by atoms with E-state index >= 15 is 0 Å². The highest BCUT2D eigenvalue weighted by molar-refractivity contribution is 6.32. The highest BCUT2D eigenvalue weighted by Gasteiger charge is 2.13. The van der Waals surface area contributed by atoms with Gasteiger partial charge in [-0.2, -0.15) is 0 Å². The van der Waals surface area contributed by atoms with Gasteiger partial charge in [0.25, 0.3) is 0 Å². The zero-order valence-corrected chi connectivity index (χ0v) is 7.67. The third-order valence-corrected chi connectivity index (χ3v) is 2.22. The molecule has 0 aliphatic carbocycles. The molecule has 3 nitrogen and oxygen atoms in total. The van der Waals surface area contributed by atoms with Gasteiger partial charge in [-0.1, -0.05) is 17.7 Å². The summed E-state index contributed by atoms with van der Waals surface area (Å²) in [6.45, 7) is 1.57. The zero-order chi connectivity index (χ0) is 9.26. The minimum absolute atomic E-state index is 0.0947. The first-order valence-electron chi connectivity index (χ1n) is 4.05. The predicted octanol–water partition coefficient (Wildman–Crippen LogP) is 1.40. The van der Waals surface area contributed by atoms with Crippen LogP contribution in [0.25, 0.3) is 0 Å². The van der Waals surface area contributed by atoms with Gasteiger partial charge < -0.3 is 10.4 Å². The molecule has 0 fully saturated rings. The lowest BCUT2D eigenvalue weighted by molar-refractivity contribution is 0.474. The van der Waals surface area contributed by atoms with E-state index in [-0.39, 0.29) is 5.75 Å². The topological polar surface area (TPSA) is 44.6 Å². The Morgan fingerprint density at radius 2 is 2.31 bits per heavy atom. The monoisotopic (exact) mass is 196 g/mol. The lowest BCUT2D eigenvalue weighted by atomic mass is 10.2. The van der Waals surface area contributed by atoms with Gasteiger partial charge in [0, 0.05) is 6.54 Å². The number of phenolic OH excluding ortho intramolecular Hbond substituents is 1. The highest BCUT2D eigenvalue weighted by atomic mass is 35.5. The molecule has 0 aromatic heterocycles. The first-order chi connectivity index (χ1) is 6.29. The molecule has 2 N–H and O–H groups in total. The molecule has 0 amide bonds. The van der Waals surface area contributed by atoms with E-state index in [9.17, 15) is 5.11 Å². The van der Waals surface area contributed by atoms with E-state index in [2.05, 4.69) is 10.3 Å². The minimum Gasteiger partial charge on any atom is -0.506 e. The number of benzene rings is 1. The molecule has 1 aliphatic rings. The fourth-order valence-electron chi connectivity index (χ4n) is 1.28. The summed E-state index contributed by atoms with van der Waals surface area (Å²) in [5.74, 6) is 0.817. The Kier molecular flexibility index (Phi) is 2.10. The van der Waals surface area contributed by atoms with Gasteiger partial charge >= 0.3 is 0 Å². The van der Waals surface area contributed by atoms with Crippen LogP contribution in [0.15, 0.2) is 23.2 Å². The van der Waals surface area contributed by atoms with Crippen molar-refractivity contribution in [2.45, 2.75) is 0 Å². The molecule has 68 valence electrons. The van der Waals surface area contributed by atoms with Crippen molar-refractivity contribution in [3.8, 4) is 5.75 Å². The molecule has 13 heavy (non-hydrogen) atoms. The molecule has 0 unspecified atom stereocenters. The second-order valence-corrected chi connectivity index (χ2v) is 3.20. The Morgan fingerprint density at radius 3 is 3.00 bits per heavy atom. The van der Waals surface area contributed by atoms with Crippen LogP contribution in [0.5, 0.6) is 5.75 Å². The third-order valence-electron chi connectivity index (χ3n) is 1.92. The maximum atomic E-state index is 9.61. The molecular formula is C9H9ClN2O. The fraction of sp³-hybridized carbons (Fsp3) is 0.222. The maximum Gasteiger partial charge on any atom is 0.145 e. The molecule has 0 bridgehead atoms. The van der Waals surface area contributed by atoms with Gasteiger partial charge in [0.1, 0.15) is 11.6 Å². The van der Waals surface area contributed by atoms with Crippen LogP contribution in [0.2, 0.25) is 5.02 Å². The Balaban J connectivity index is 2.45. The molecule has 0 spiro atoms. The molecule has 1 heterocycles. The number of halogens is 1. The summed E-state index contributed by atoms with van der Waals surface area (Å²) in [6, 6.07) is 5.23. The van der Waals surface area contributed by atoms with Gasteiger partial charge in [-0.25, -0.2) is 0 Å². The standard InChI is InChI=1S/C9H9ClN2O/c10-7-3-1-2-6(8(7)13)9-11-4-5-12-9/h1-3,13H,4-5H2,(H,11,12). The van der Waals surface area contributed by atoms with E-state index < -0.39 is 0 Å². The lowest BCUT2D eigenvalue weighted by Crippen LogP contribution is -2.19. The van der Waals surface area contributed by atoms with Crippen molar-refractivity contribution in [2.24, 2.45) is 4.99 Å². The van der Waals surface area contributed by atoms with Crippen LogP contribution in [-0.4, -0.2) is 24.0 Å². The predicted molar refractivity (Wildman–Crippen MR) is 52.5 cm³/mol. The van der Waals surface area contributed by atoms with Crippen molar-refractivity contribution in [3.05, 3.63) is 28.8 Å². The molecule has 4 heteroatoms. The highest BCUT2D eigenvalue weighted by Crippen LogP contribution is 2.27. The van der Waals surface area contributed by atoms with Gasteiger partial charge in [0.2, 0.25) is 0 Å². The molecule has 2 rings (SSSR count). The number of amidine groups is 1. The summed E-state index contributed by atoms with van der Waals surface area (Å²) in [5, 5.41) is 13.0. The fourth-order valence-corrected chi connectivity index (χ4v) is 1.46. The van der Waals surface area contributed by atoms with E-state index in [0.717, 1.165) is 18.9 Å². The first-order valence-corrected chi connectivity index (χ1v) is 4.43. The molecule has 0 radical (unpaired) electrons. The number of nitrogens with one attached hydrogen (secondary N) is 1. The van der Waals surface area contributed by atoms with Gasteiger partial charge in [-0.05, 0) is 12.1 Å². The Hall–Kier alpha value is -1.22. The van der Waals surface area contributed by atoms with Crippen molar-refractivity contribution in [2.75, 3.05) is 13.1 Å². The second kappa shape index (κ2) is 3.26. The Morgan fingerprint density at radius 1 is 1.46 bits per heavy atom. The van der Waals surface area contributed by atoms with Crippen molar-refractivity contribution < 1.29 is 5.11 Å². The zero-order valence-electron chi connectivity index (χ0n) is 6.92. The van der Waals surface area contributed by atoms with Crippen molar-refractivity contribution in [1.29, 1.82) is 0 Å². The van der Waals surface area contributed by atoms with E-state index in [1.807, 2.05) is 0 Å².